The second-order valence-corrected chi connectivity index (χ2v) is 19.4. The van der Waals surface area contributed by atoms with Crippen LogP contribution in [0.3, 0.4) is 0 Å². The maximum atomic E-state index is 12.9. The Morgan fingerprint density at radius 3 is 2.21 bits per heavy atom. The molecule has 1 aliphatic rings. The Bertz CT molecular complexity index is 2640. The van der Waals surface area contributed by atoms with Crippen LogP contribution in [0.1, 0.15) is 94.8 Å². The summed E-state index contributed by atoms with van der Waals surface area (Å²) < 4.78 is 24.3. The number of imidazole rings is 1. The van der Waals surface area contributed by atoms with Crippen molar-refractivity contribution in [3.63, 3.8) is 0 Å². The Hall–Kier alpha value is -5.55. The van der Waals surface area contributed by atoms with Crippen molar-refractivity contribution < 1.29 is 42.9 Å². The third-order valence-electron chi connectivity index (χ3n) is 11.4. The van der Waals surface area contributed by atoms with E-state index in [1.807, 2.05) is 55.5 Å². The molecule has 0 bridgehead atoms. The Morgan fingerprint density at radius 2 is 1.54 bits per heavy atom. The molecular weight excluding hydrogens is 976 g/mol. The van der Waals surface area contributed by atoms with Gasteiger partial charge in [0.1, 0.15) is 19.0 Å². The van der Waals surface area contributed by atoms with Crippen molar-refractivity contribution in [2.75, 3.05) is 45.0 Å². The van der Waals surface area contributed by atoms with Crippen LogP contribution in [-0.2, 0) is 57.5 Å². The van der Waals surface area contributed by atoms with Crippen LogP contribution in [0.4, 0.5) is 4.79 Å². The smallest absolute Gasteiger partial charge is 0.453 e. The Morgan fingerprint density at radius 1 is 0.857 bits per heavy atom. The zero-order valence-electron chi connectivity index (χ0n) is 40.0. The van der Waals surface area contributed by atoms with Crippen LogP contribution in [-0.4, -0.2) is 99.0 Å². The summed E-state index contributed by atoms with van der Waals surface area (Å²) >= 11 is 13.1. The number of rotatable bonds is 24. The van der Waals surface area contributed by atoms with Gasteiger partial charge in [-0.15, -0.1) is 10.2 Å². The number of unbranched alkanes of at least 4 members (excludes halogenated alkanes) is 1. The van der Waals surface area contributed by atoms with Gasteiger partial charge in [0.05, 0.1) is 19.4 Å². The van der Waals surface area contributed by atoms with Crippen molar-refractivity contribution >= 4 is 69.0 Å². The fourth-order valence-corrected chi connectivity index (χ4v) is 10.4. The SMILES string of the molecule is CCCCc1nc(Cl)c(CC)n1Cc1ccc(-c2ccccc2-c2nnn(C(=O)OCCSSCCOC(=O)CCCOCC3=C(CC)C(c4ccccc4Cl)C(C(=O)OC)=C(C)C3)n2)cc1.O=C=O. The number of methoxy groups -OCH3 is 1. The Balaban J connectivity index is 0.00000296. The topological polar surface area (TPSA) is 184 Å². The lowest BCUT2D eigenvalue weighted by atomic mass is 9.74. The van der Waals surface area contributed by atoms with Gasteiger partial charge in [-0.3, -0.25) is 4.79 Å². The molecule has 6 rings (SSSR count). The van der Waals surface area contributed by atoms with Crippen LogP contribution >= 0.6 is 44.8 Å². The molecule has 2 aromatic heterocycles. The quantitative estimate of drug-likeness (QED) is 0.0187. The van der Waals surface area contributed by atoms with Gasteiger partial charge in [-0.05, 0) is 78.1 Å². The number of hydrogen-bond donors (Lipinski definition) is 0. The minimum atomic E-state index is -0.726. The highest BCUT2D eigenvalue weighted by Gasteiger charge is 2.34. The van der Waals surface area contributed by atoms with Crippen LogP contribution in [0.5, 0.6) is 0 Å². The lowest BCUT2D eigenvalue weighted by Gasteiger charge is -2.32. The Labute approximate surface area is 426 Å². The molecule has 19 heteroatoms. The average Bonchev–Trinajstić information content (AvgIpc) is 3.98. The van der Waals surface area contributed by atoms with E-state index in [1.165, 1.54) is 28.7 Å². The lowest BCUT2D eigenvalue weighted by Crippen LogP contribution is -2.23. The summed E-state index contributed by atoms with van der Waals surface area (Å²) in [7, 11) is 4.42. The lowest BCUT2D eigenvalue weighted by molar-refractivity contribution is -0.191. The second-order valence-electron chi connectivity index (χ2n) is 16.0. The molecule has 1 atom stereocenters. The maximum Gasteiger partial charge on any atom is 0.453 e. The molecule has 70 heavy (non-hydrogen) atoms. The van der Waals surface area contributed by atoms with Gasteiger partial charge in [-0.2, -0.15) is 9.59 Å². The van der Waals surface area contributed by atoms with Crippen molar-refractivity contribution in [3.05, 3.63) is 128 Å². The standard InChI is InChI=1S/C50H58Cl2N6O7S2.CO2/c1-6-9-19-43-53-47(52)42(8-3)57(43)31-34-21-23-35(24-22-34)38-15-10-11-16-39(38)48-54-56-58(55-48)50(61)65-27-29-67-66-28-26-64-44(59)20-14-25-63-32-36-30-33(4)45(49(60)62-5)46(37(36)7-2)40-17-12-13-18-41(40)51;2-1-3/h10-13,15-18,21-24,46H,6-9,14,19-20,25-32H2,1-5H3;. The van der Waals surface area contributed by atoms with Crippen molar-refractivity contribution in [1.29, 1.82) is 0 Å². The minimum absolute atomic E-state index is 0.140. The summed E-state index contributed by atoms with van der Waals surface area (Å²) in [5.74, 6) is 1.47. The van der Waals surface area contributed by atoms with Crippen molar-refractivity contribution in [3.8, 4) is 22.5 Å². The van der Waals surface area contributed by atoms with Gasteiger partial charge in [0, 0.05) is 59.6 Å². The number of esters is 2. The number of tetrazole rings is 1. The first-order valence-corrected chi connectivity index (χ1v) is 26.3. The van der Waals surface area contributed by atoms with Crippen molar-refractivity contribution in [2.24, 2.45) is 0 Å². The number of benzene rings is 3. The van der Waals surface area contributed by atoms with E-state index in [0.717, 1.165) is 93.0 Å². The van der Waals surface area contributed by atoms with Gasteiger partial charge in [-0.25, -0.2) is 14.6 Å². The molecule has 0 aliphatic heterocycles. The van der Waals surface area contributed by atoms with Crippen LogP contribution < -0.4 is 0 Å². The zero-order valence-corrected chi connectivity index (χ0v) is 43.2. The largest absolute Gasteiger partial charge is 0.466 e. The molecule has 15 nitrogen and oxygen atoms in total. The number of ether oxygens (including phenoxy) is 4. The number of halogens is 2. The predicted molar refractivity (Wildman–Crippen MR) is 272 cm³/mol. The molecule has 1 aliphatic carbocycles. The third kappa shape index (κ3) is 15.2. The molecule has 0 fully saturated rings. The molecule has 0 saturated carbocycles. The van der Waals surface area contributed by atoms with Gasteiger partial charge < -0.3 is 23.5 Å². The molecule has 0 amide bonds. The molecule has 1 unspecified atom stereocenters. The van der Waals surface area contributed by atoms with Crippen LogP contribution in [0.25, 0.3) is 22.5 Å². The zero-order chi connectivity index (χ0) is 50.4. The van der Waals surface area contributed by atoms with Gasteiger partial charge in [0.15, 0.2) is 5.15 Å². The number of allylic oxidation sites excluding steroid dienone is 2. The number of carbonyl (C=O) groups is 3. The molecule has 372 valence electrons. The first-order chi connectivity index (χ1) is 34.0. The average molecular weight is 1030 g/mol. The summed E-state index contributed by atoms with van der Waals surface area (Å²) in [5, 5.41) is 13.7. The van der Waals surface area contributed by atoms with Gasteiger partial charge in [-0.1, -0.05) is 155 Å². The molecule has 0 saturated heterocycles. The predicted octanol–water partition coefficient (Wildman–Crippen LogP) is 11.0. The maximum absolute atomic E-state index is 12.9. The van der Waals surface area contributed by atoms with E-state index in [0.29, 0.717) is 65.7 Å². The molecule has 3 aromatic carbocycles. The van der Waals surface area contributed by atoms with E-state index >= 15 is 0 Å². The normalized spacial score (nSPS) is 13.4. The molecule has 0 radical (unpaired) electrons. The van der Waals surface area contributed by atoms with Crippen LogP contribution in [0.15, 0.2) is 95.1 Å². The Kier molecular flexibility index (Phi) is 22.9. The number of aromatic nitrogens is 6. The first-order valence-electron chi connectivity index (χ1n) is 23.1. The van der Waals surface area contributed by atoms with Crippen molar-refractivity contribution in [1.82, 2.24) is 29.8 Å². The molecule has 0 spiro atoms. The molecule has 5 aromatic rings. The fraction of sp³-hybridized carbons (Fsp3) is 0.412. The van der Waals surface area contributed by atoms with E-state index in [9.17, 15) is 14.4 Å². The number of nitrogens with zero attached hydrogens (tertiary/aromatic N) is 6. The van der Waals surface area contributed by atoms with E-state index in [4.69, 9.17) is 51.7 Å². The van der Waals surface area contributed by atoms with E-state index in [1.54, 1.807) is 0 Å². The van der Waals surface area contributed by atoms with E-state index < -0.39 is 6.09 Å². The third-order valence-corrected chi connectivity index (χ3v) is 14.4. The van der Waals surface area contributed by atoms with Gasteiger partial charge in [0.25, 0.3) is 0 Å². The molecule has 0 N–H and O–H groups in total. The molecule has 2 heterocycles. The summed E-state index contributed by atoms with van der Waals surface area (Å²) in [4.78, 5) is 59.9. The highest BCUT2D eigenvalue weighted by Crippen LogP contribution is 2.45. The highest BCUT2D eigenvalue weighted by atomic mass is 35.5. The van der Waals surface area contributed by atoms with Gasteiger partial charge in [0.2, 0.25) is 5.82 Å². The number of hydrogen-bond acceptors (Lipinski definition) is 15. The summed E-state index contributed by atoms with van der Waals surface area (Å²) in [5.41, 5.74) is 9.43. The van der Waals surface area contributed by atoms with Gasteiger partial charge >= 0.3 is 24.2 Å². The first kappa shape index (κ1) is 55.4. The second kappa shape index (κ2) is 29.0. The minimum Gasteiger partial charge on any atom is -0.466 e. The van der Waals surface area contributed by atoms with Crippen LogP contribution in [0.2, 0.25) is 10.2 Å². The summed E-state index contributed by atoms with van der Waals surface area (Å²) in [6.07, 6.45) is 5.44. The van der Waals surface area contributed by atoms with E-state index in [-0.39, 0.29) is 43.6 Å². The summed E-state index contributed by atoms with van der Waals surface area (Å²) in [6, 6.07) is 23.7. The molecular formula is C51H58Cl2N6O9S2. The number of carbonyl (C=O) groups excluding carboxylic acids is 5. The highest BCUT2D eigenvalue weighted by molar-refractivity contribution is 8.76. The fourth-order valence-electron chi connectivity index (χ4n) is 8.18. The summed E-state index contributed by atoms with van der Waals surface area (Å²) in [6.45, 7) is 10.2. The monoisotopic (exact) mass is 1030 g/mol. The van der Waals surface area contributed by atoms with Crippen molar-refractivity contribution in [2.45, 2.75) is 91.5 Å². The van der Waals surface area contributed by atoms with Crippen LogP contribution in [0, 0.1) is 0 Å². The number of aryl methyl sites for hydroxylation is 1. The van der Waals surface area contributed by atoms with E-state index in [2.05, 4.69) is 70.0 Å².